The minimum atomic E-state index is -0.626. The van der Waals surface area contributed by atoms with E-state index in [1.54, 1.807) is 45.0 Å². The Balaban J connectivity index is 1.80. The van der Waals surface area contributed by atoms with Gasteiger partial charge in [-0.1, -0.05) is 41.9 Å². The number of anilines is 1. The first-order valence-electron chi connectivity index (χ1n) is 11.3. The largest absolute Gasteiger partial charge is 0.462 e. The van der Waals surface area contributed by atoms with Crippen LogP contribution >= 0.6 is 22.9 Å². The lowest BCUT2D eigenvalue weighted by molar-refractivity contribution is 0.0527. The van der Waals surface area contributed by atoms with Gasteiger partial charge >= 0.3 is 11.9 Å². The molecule has 4 rings (SSSR count). The SMILES string of the molecule is CCOC(=O)c1sc(NC(=O)c2cc(-c3ccc(Cl)cc3)nc3ccccc23)c(C(=O)OCC)c1C. The van der Waals surface area contributed by atoms with Crippen LogP contribution in [-0.2, 0) is 9.47 Å². The maximum Gasteiger partial charge on any atom is 0.348 e. The fourth-order valence-corrected chi connectivity index (χ4v) is 4.95. The van der Waals surface area contributed by atoms with Gasteiger partial charge in [0, 0.05) is 16.0 Å². The second kappa shape index (κ2) is 10.9. The lowest BCUT2D eigenvalue weighted by atomic mass is 10.0. The zero-order valence-corrected chi connectivity index (χ0v) is 21.5. The van der Waals surface area contributed by atoms with Crippen LogP contribution in [0, 0.1) is 6.92 Å². The summed E-state index contributed by atoms with van der Waals surface area (Å²) in [6.45, 7) is 5.35. The molecule has 4 aromatic rings. The predicted octanol–water partition coefficient (Wildman–Crippen LogP) is 6.53. The van der Waals surface area contributed by atoms with Gasteiger partial charge in [0.1, 0.15) is 9.88 Å². The number of ether oxygens (including phenoxy) is 2. The van der Waals surface area contributed by atoms with Crippen LogP contribution in [0.25, 0.3) is 22.2 Å². The van der Waals surface area contributed by atoms with Gasteiger partial charge in [0.2, 0.25) is 0 Å². The number of benzene rings is 2. The first-order chi connectivity index (χ1) is 17.3. The Kier molecular flexibility index (Phi) is 7.67. The minimum absolute atomic E-state index is 0.134. The summed E-state index contributed by atoms with van der Waals surface area (Å²) in [4.78, 5) is 43.7. The van der Waals surface area contributed by atoms with Crippen molar-refractivity contribution in [3.63, 3.8) is 0 Å². The molecule has 1 amide bonds. The maximum absolute atomic E-state index is 13.6. The molecule has 2 aromatic heterocycles. The first-order valence-corrected chi connectivity index (χ1v) is 12.5. The van der Waals surface area contributed by atoms with Gasteiger partial charge in [-0.05, 0) is 50.6 Å². The Bertz CT molecular complexity index is 1460. The van der Waals surface area contributed by atoms with Crippen molar-refractivity contribution in [2.75, 3.05) is 18.5 Å². The van der Waals surface area contributed by atoms with Crippen LogP contribution in [0.1, 0.15) is 49.8 Å². The Labute approximate surface area is 217 Å². The van der Waals surface area contributed by atoms with Crippen LogP contribution in [0.5, 0.6) is 0 Å². The summed E-state index contributed by atoms with van der Waals surface area (Å²) in [6, 6.07) is 16.1. The van der Waals surface area contributed by atoms with E-state index in [2.05, 4.69) is 5.32 Å². The topological polar surface area (TPSA) is 94.6 Å². The smallest absolute Gasteiger partial charge is 0.348 e. The number of fused-ring (bicyclic) bond motifs is 1. The molecule has 0 unspecified atom stereocenters. The number of hydrogen-bond donors (Lipinski definition) is 1. The fraction of sp³-hybridized carbons (Fsp3) is 0.185. The van der Waals surface area contributed by atoms with Gasteiger partial charge in [-0.3, -0.25) is 4.79 Å². The zero-order chi connectivity index (χ0) is 25.8. The molecule has 2 heterocycles. The van der Waals surface area contributed by atoms with Crippen molar-refractivity contribution in [3.05, 3.63) is 81.2 Å². The number of nitrogens with zero attached hydrogens (tertiary/aromatic N) is 1. The second-order valence-corrected chi connectivity index (χ2v) is 9.19. The average molecular weight is 523 g/mol. The maximum atomic E-state index is 13.6. The van der Waals surface area contributed by atoms with E-state index in [-0.39, 0.29) is 28.7 Å². The molecular formula is C27H23ClN2O5S. The van der Waals surface area contributed by atoms with E-state index in [1.807, 2.05) is 30.3 Å². The van der Waals surface area contributed by atoms with Crippen LogP contribution in [0.3, 0.4) is 0 Å². The number of rotatable bonds is 7. The van der Waals surface area contributed by atoms with Gasteiger partial charge in [0.25, 0.3) is 5.91 Å². The van der Waals surface area contributed by atoms with E-state index in [0.717, 1.165) is 16.9 Å². The Morgan fingerprint density at radius 1 is 0.972 bits per heavy atom. The van der Waals surface area contributed by atoms with Gasteiger partial charge in [-0.25, -0.2) is 14.6 Å². The number of hydrogen-bond acceptors (Lipinski definition) is 7. The number of aromatic nitrogens is 1. The standard InChI is InChI=1S/C27H23ClN2O5S/c1-4-34-26(32)22-15(3)23(27(33)35-5-2)36-25(22)30-24(31)19-14-21(16-10-12-17(28)13-11-16)29-20-9-7-6-8-18(19)20/h6-14H,4-5H2,1-3H3,(H,30,31). The molecule has 0 saturated heterocycles. The Hall–Kier alpha value is -3.75. The summed E-state index contributed by atoms with van der Waals surface area (Å²) < 4.78 is 10.3. The number of pyridine rings is 1. The highest BCUT2D eigenvalue weighted by molar-refractivity contribution is 7.18. The molecule has 9 heteroatoms. The lowest BCUT2D eigenvalue weighted by Crippen LogP contribution is -2.15. The highest BCUT2D eigenvalue weighted by atomic mass is 35.5. The molecule has 0 atom stereocenters. The quantitative estimate of drug-likeness (QED) is 0.277. The minimum Gasteiger partial charge on any atom is -0.462 e. The molecule has 7 nitrogen and oxygen atoms in total. The van der Waals surface area contributed by atoms with E-state index >= 15 is 0 Å². The summed E-state index contributed by atoms with van der Waals surface area (Å²) in [6.07, 6.45) is 0. The fourth-order valence-electron chi connectivity index (χ4n) is 3.74. The van der Waals surface area contributed by atoms with Crippen molar-refractivity contribution in [2.45, 2.75) is 20.8 Å². The van der Waals surface area contributed by atoms with Crippen LogP contribution in [0.2, 0.25) is 5.02 Å². The summed E-state index contributed by atoms with van der Waals surface area (Å²) in [5, 5.41) is 4.28. The molecule has 0 aliphatic heterocycles. The number of thiophene rings is 1. The Morgan fingerprint density at radius 3 is 2.33 bits per heavy atom. The highest BCUT2D eigenvalue weighted by Gasteiger charge is 2.28. The van der Waals surface area contributed by atoms with E-state index in [1.165, 1.54) is 0 Å². The number of para-hydroxylation sites is 1. The van der Waals surface area contributed by atoms with Crippen molar-refractivity contribution in [1.82, 2.24) is 4.98 Å². The third-order valence-electron chi connectivity index (χ3n) is 5.42. The number of nitrogens with one attached hydrogen (secondary N) is 1. The Morgan fingerprint density at radius 2 is 1.64 bits per heavy atom. The number of carbonyl (C=O) groups excluding carboxylic acids is 3. The number of carbonyl (C=O) groups is 3. The monoisotopic (exact) mass is 522 g/mol. The molecule has 0 spiro atoms. The average Bonchev–Trinajstić information content (AvgIpc) is 3.19. The van der Waals surface area contributed by atoms with Gasteiger partial charge in [-0.2, -0.15) is 0 Å². The molecule has 184 valence electrons. The summed E-state index contributed by atoms with van der Waals surface area (Å²) in [7, 11) is 0. The van der Waals surface area contributed by atoms with E-state index in [0.29, 0.717) is 32.7 Å². The summed E-state index contributed by atoms with van der Waals surface area (Å²) in [5.41, 5.74) is 2.92. The van der Waals surface area contributed by atoms with E-state index in [9.17, 15) is 14.4 Å². The van der Waals surface area contributed by atoms with Crippen LogP contribution in [0.15, 0.2) is 54.6 Å². The van der Waals surface area contributed by atoms with Gasteiger partial charge in [0.05, 0.1) is 35.6 Å². The van der Waals surface area contributed by atoms with Crippen LogP contribution < -0.4 is 5.32 Å². The number of amides is 1. The first kappa shape index (κ1) is 25.3. The number of halogens is 1. The van der Waals surface area contributed by atoms with Crippen molar-refractivity contribution < 1.29 is 23.9 Å². The molecule has 1 N–H and O–H groups in total. The third kappa shape index (κ3) is 5.10. The normalized spacial score (nSPS) is 10.8. The molecule has 0 saturated carbocycles. The molecule has 36 heavy (non-hydrogen) atoms. The molecule has 0 bridgehead atoms. The van der Waals surface area contributed by atoms with Crippen molar-refractivity contribution >= 4 is 56.7 Å². The molecule has 0 radical (unpaired) electrons. The van der Waals surface area contributed by atoms with E-state index in [4.69, 9.17) is 26.1 Å². The second-order valence-electron chi connectivity index (χ2n) is 7.73. The van der Waals surface area contributed by atoms with Crippen molar-refractivity contribution in [2.24, 2.45) is 0 Å². The molecule has 0 fully saturated rings. The van der Waals surface area contributed by atoms with Crippen molar-refractivity contribution in [3.8, 4) is 11.3 Å². The highest BCUT2D eigenvalue weighted by Crippen LogP contribution is 2.35. The molecular weight excluding hydrogens is 500 g/mol. The van der Waals surface area contributed by atoms with Crippen LogP contribution in [0.4, 0.5) is 5.00 Å². The predicted molar refractivity (Wildman–Crippen MR) is 141 cm³/mol. The lowest BCUT2D eigenvalue weighted by Gasteiger charge is -2.11. The summed E-state index contributed by atoms with van der Waals surface area (Å²) in [5.74, 6) is -1.64. The van der Waals surface area contributed by atoms with E-state index < -0.39 is 17.8 Å². The van der Waals surface area contributed by atoms with Crippen molar-refractivity contribution in [1.29, 1.82) is 0 Å². The molecule has 0 aliphatic rings. The summed E-state index contributed by atoms with van der Waals surface area (Å²) >= 11 is 7.01. The molecule has 0 aliphatic carbocycles. The molecule has 2 aromatic carbocycles. The van der Waals surface area contributed by atoms with Gasteiger partial charge < -0.3 is 14.8 Å². The number of esters is 2. The van der Waals surface area contributed by atoms with Gasteiger partial charge in [0.15, 0.2) is 0 Å². The zero-order valence-electron chi connectivity index (χ0n) is 19.9. The van der Waals surface area contributed by atoms with Crippen LogP contribution in [-0.4, -0.2) is 36.0 Å². The third-order valence-corrected chi connectivity index (χ3v) is 6.85. The van der Waals surface area contributed by atoms with Gasteiger partial charge in [-0.15, -0.1) is 11.3 Å².